The molecule has 2 aromatic rings. The number of aromatic nitrogens is 3. The van der Waals surface area contributed by atoms with Crippen LogP contribution in [0.3, 0.4) is 0 Å². The normalized spacial score (nSPS) is 10.1. The first-order chi connectivity index (χ1) is 5.86. The highest BCUT2D eigenvalue weighted by Crippen LogP contribution is 2.13. The molecule has 3 nitrogen and oxygen atoms in total. The Bertz CT molecular complexity index is 364. The molecule has 0 aliphatic carbocycles. The molecule has 59 valence electrons. The molecule has 0 N–H and O–H groups in total. The Kier molecular flexibility index (Phi) is 1.63. The summed E-state index contributed by atoms with van der Waals surface area (Å²) in [4.78, 5) is 8.13. The van der Waals surface area contributed by atoms with E-state index >= 15 is 0 Å². The molecule has 0 amide bonds. The SMILES string of the molecule is Cn1[c]c(-c2cnccn2)cc1. The summed E-state index contributed by atoms with van der Waals surface area (Å²) in [6, 6.07) is 1.96. The summed E-state index contributed by atoms with van der Waals surface area (Å²) < 4.78 is 1.87. The van der Waals surface area contributed by atoms with Crippen molar-refractivity contribution in [2.45, 2.75) is 0 Å². The molecular formula is C9H8N3. The van der Waals surface area contributed by atoms with Crippen LogP contribution in [-0.2, 0) is 7.05 Å². The van der Waals surface area contributed by atoms with Crippen molar-refractivity contribution in [1.29, 1.82) is 0 Å². The van der Waals surface area contributed by atoms with Gasteiger partial charge in [-0.25, -0.2) is 0 Å². The van der Waals surface area contributed by atoms with Crippen LogP contribution in [0, 0.1) is 6.20 Å². The van der Waals surface area contributed by atoms with Crippen LogP contribution >= 0.6 is 0 Å². The summed E-state index contributed by atoms with van der Waals surface area (Å²) >= 11 is 0. The van der Waals surface area contributed by atoms with Crippen molar-refractivity contribution < 1.29 is 0 Å². The third-order valence-electron chi connectivity index (χ3n) is 1.60. The lowest BCUT2D eigenvalue weighted by molar-refractivity contribution is 0.919. The second kappa shape index (κ2) is 2.77. The topological polar surface area (TPSA) is 30.7 Å². The van der Waals surface area contributed by atoms with Crippen LogP contribution in [0.5, 0.6) is 0 Å². The highest BCUT2D eigenvalue weighted by molar-refractivity contribution is 5.55. The maximum atomic E-state index is 4.16. The van der Waals surface area contributed by atoms with Crippen molar-refractivity contribution in [3.05, 3.63) is 37.1 Å². The first-order valence-electron chi connectivity index (χ1n) is 3.67. The molecule has 0 aliphatic rings. The van der Waals surface area contributed by atoms with Crippen molar-refractivity contribution in [3.63, 3.8) is 0 Å². The zero-order valence-corrected chi connectivity index (χ0v) is 6.73. The van der Waals surface area contributed by atoms with E-state index in [2.05, 4.69) is 16.2 Å². The van der Waals surface area contributed by atoms with Crippen LogP contribution in [-0.4, -0.2) is 14.5 Å². The maximum absolute atomic E-state index is 4.16. The molecule has 0 unspecified atom stereocenters. The van der Waals surface area contributed by atoms with Gasteiger partial charge in [-0.3, -0.25) is 9.97 Å². The van der Waals surface area contributed by atoms with Crippen molar-refractivity contribution in [2.24, 2.45) is 7.05 Å². The summed E-state index contributed by atoms with van der Waals surface area (Å²) in [6.07, 6.45) is 10.1. The van der Waals surface area contributed by atoms with Crippen LogP contribution < -0.4 is 0 Å². The Balaban J connectivity index is 2.45. The van der Waals surface area contributed by atoms with Crippen molar-refractivity contribution in [2.75, 3.05) is 0 Å². The fraction of sp³-hybridized carbons (Fsp3) is 0.111. The Morgan fingerprint density at radius 2 is 2.33 bits per heavy atom. The van der Waals surface area contributed by atoms with Gasteiger partial charge < -0.3 is 4.57 Å². The second-order valence-corrected chi connectivity index (χ2v) is 2.54. The van der Waals surface area contributed by atoms with Crippen LogP contribution in [0.25, 0.3) is 11.3 Å². The smallest absolute Gasteiger partial charge is 0.0907 e. The number of nitrogens with zero attached hydrogens (tertiary/aromatic N) is 3. The van der Waals surface area contributed by atoms with E-state index in [0.29, 0.717) is 0 Å². The molecule has 0 aliphatic heterocycles. The van der Waals surface area contributed by atoms with Crippen LogP contribution in [0.15, 0.2) is 30.9 Å². The molecule has 0 saturated carbocycles. The molecule has 0 spiro atoms. The monoisotopic (exact) mass is 158 g/mol. The number of hydrogen-bond donors (Lipinski definition) is 0. The molecule has 2 heterocycles. The average Bonchev–Trinajstić information content (AvgIpc) is 2.54. The fourth-order valence-corrected chi connectivity index (χ4v) is 1.03. The first kappa shape index (κ1) is 7.03. The van der Waals surface area contributed by atoms with Crippen molar-refractivity contribution in [1.82, 2.24) is 14.5 Å². The summed E-state index contributed by atoms with van der Waals surface area (Å²) in [7, 11) is 1.93. The molecule has 0 fully saturated rings. The molecule has 0 atom stereocenters. The highest BCUT2D eigenvalue weighted by atomic mass is 14.9. The summed E-state index contributed by atoms with van der Waals surface area (Å²) in [5.74, 6) is 0. The first-order valence-corrected chi connectivity index (χ1v) is 3.67. The van der Waals surface area contributed by atoms with E-state index in [4.69, 9.17) is 0 Å². The van der Waals surface area contributed by atoms with E-state index in [1.54, 1.807) is 18.6 Å². The standard InChI is InChI=1S/C9H8N3/c1-12-5-2-8(7-12)9-6-10-3-4-11-9/h2-6H,1H3. The van der Waals surface area contributed by atoms with E-state index in [0.717, 1.165) is 11.3 Å². The number of aryl methyl sites for hydroxylation is 1. The van der Waals surface area contributed by atoms with Gasteiger partial charge in [0, 0.05) is 31.2 Å². The predicted octanol–water partition coefficient (Wildman–Crippen LogP) is 1.28. The molecule has 3 heteroatoms. The quantitative estimate of drug-likeness (QED) is 0.626. The van der Waals surface area contributed by atoms with E-state index < -0.39 is 0 Å². The van der Waals surface area contributed by atoms with Gasteiger partial charge in [0.1, 0.15) is 0 Å². The third kappa shape index (κ3) is 1.21. The fourth-order valence-electron chi connectivity index (χ4n) is 1.03. The summed E-state index contributed by atoms with van der Waals surface area (Å²) in [5.41, 5.74) is 1.84. The zero-order chi connectivity index (χ0) is 8.39. The van der Waals surface area contributed by atoms with Crippen LogP contribution in [0.2, 0.25) is 0 Å². The van der Waals surface area contributed by atoms with Gasteiger partial charge in [0.05, 0.1) is 18.1 Å². The number of rotatable bonds is 1. The summed E-state index contributed by atoms with van der Waals surface area (Å²) in [5, 5.41) is 0. The Morgan fingerprint density at radius 3 is 2.92 bits per heavy atom. The Hall–Kier alpha value is -1.64. The lowest BCUT2D eigenvalue weighted by Crippen LogP contribution is -1.83. The van der Waals surface area contributed by atoms with Gasteiger partial charge in [-0.1, -0.05) is 0 Å². The van der Waals surface area contributed by atoms with E-state index in [9.17, 15) is 0 Å². The average molecular weight is 158 g/mol. The largest absolute Gasteiger partial charge is 0.349 e. The lowest BCUT2D eigenvalue weighted by atomic mass is 10.2. The Labute approximate surface area is 70.7 Å². The van der Waals surface area contributed by atoms with E-state index in [-0.39, 0.29) is 0 Å². The number of hydrogen-bond acceptors (Lipinski definition) is 2. The Morgan fingerprint density at radius 1 is 1.42 bits per heavy atom. The van der Waals surface area contributed by atoms with Gasteiger partial charge >= 0.3 is 0 Å². The van der Waals surface area contributed by atoms with Gasteiger partial charge in [-0.05, 0) is 6.07 Å². The molecule has 0 saturated heterocycles. The lowest BCUT2D eigenvalue weighted by Gasteiger charge is -1.92. The molecule has 0 bridgehead atoms. The predicted molar refractivity (Wildman–Crippen MR) is 45.3 cm³/mol. The van der Waals surface area contributed by atoms with E-state index in [1.165, 1.54) is 0 Å². The minimum absolute atomic E-state index is 0.859. The second-order valence-electron chi connectivity index (χ2n) is 2.54. The minimum Gasteiger partial charge on any atom is -0.349 e. The van der Waals surface area contributed by atoms with Gasteiger partial charge in [0.25, 0.3) is 0 Å². The zero-order valence-electron chi connectivity index (χ0n) is 6.73. The maximum Gasteiger partial charge on any atom is 0.0907 e. The highest BCUT2D eigenvalue weighted by Gasteiger charge is 1.99. The van der Waals surface area contributed by atoms with Crippen LogP contribution in [0.4, 0.5) is 0 Å². The third-order valence-corrected chi connectivity index (χ3v) is 1.60. The van der Waals surface area contributed by atoms with Gasteiger partial charge in [0.2, 0.25) is 0 Å². The molecule has 1 radical (unpaired) electrons. The minimum atomic E-state index is 0.859. The van der Waals surface area contributed by atoms with Gasteiger partial charge in [0.15, 0.2) is 0 Å². The molecule has 12 heavy (non-hydrogen) atoms. The van der Waals surface area contributed by atoms with Gasteiger partial charge in [-0.2, -0.15) is 0 Å². The molecule has 0 aromatic carbocycles. The molecule has 2 rings (SSSR count). The van der Waals surface area contributed by atoms with Gasteiger partial charge in [-0.15, -0.1) is 0 Å². The van der Waals surface area contributed by atoms with Crippen LogP contribution in [0.1, 0.15) is 0 Å². The van der Waals surface area contributed by atoms with Crippen molar-refractivity contribution >= 4 is 0 Å². The van der Waals surface area contributed by atoms with Crippen molar-refractivity contribution in [3.8, 4) is 11.3 Å². The molecular weight excluding hydrogens is 150 g/mol. The summed E-state index contributed by atoms with van der Waals surface area (Å²) in [6.45, 7) is 0. The van der Waals surface area contributed by atoms with E-state index in [1.807, 2.05) is 23.9 Å². The molecule has 2 aromatic heterocycles.